The van der Waals surface area contributed by atoms with Crippen LogP contribution in [0.2, 0.25) is 0 Å². The van der Waals surface area contributed by atoms with Crippen LogP contribution in [0.3, 0.4) is 0 Å². The summed E-state index contributed by atoms with van der Waals surface area (Å²) in [6.07, 6.45) is 0.643. The molecule has 7 nitrogen and oxygen atoms in total. The number of hydrogen-bond acceptors (Lipinski definition) is 7. The van der Waals surface area contributed by atoms with E-state index in [4.69, 9.17) is 9.47 Å². The monoisotopic (exact) mass is 445 g/mol. The second-order valence-corrected chi connectivity index (χ2v) is 9.63. The molecular weight excluding hydrogens is 414 g/mol. The van der Waals surface area contributed by atoms with Crippen LogP contribution in [0.25, 0.3) is 10.4 Å². The summed E-state index contributed by atoms with van der Waals surface area (Å²) < 4.78 is 10.8. The molecule has 0 bridgehead atoms. The van der Waals surface area contributed by atoms with Crippen molar-refractivity contribution >= 4 is 23.2 Å². The van der Waals surface area contributed by atoms with Gasteiger partial charge in [0.2, 0.25) is 5.91 Å². The standard InChI is InChI=1S/C23H31N3O4S/c1-14-21(31-13-25-14)16-8-6-15(7-9-16)18(11-20(27)29-5)26-22(28)19-10-17(12-24-19)30-23(2,3)4/h6-9,13,17-19,24H,10-12H2,1-5H3,(H,26,28)/t17-,18-,19-/m0/s1. The smallest absolute Gasteiger partial charge is 0.307 e. The number of benzene rings is 1. The second kappa shape index (κ2) is 9.89. The van der Waals surface area contributed by atoms with E-state index in [1.54, 1.807) is 11.3 Å². The molecule has 2 N–H and O–H groups in total. The first-order chi connectivity index (χ1) is 14.7. The van der Waals surface area contributed by atoms with Gasteiger partial charge in [-0.1, -0.05) is 24.3 Å². The highest BCUT2D eigenvalue weighted by Crippen LogP contribution is 2.29. The number of rotatable bonds is 7. The summed E-state index contributed by atoms with van der Waals surface area (Å²) in [6, 6.07) is 7.04. The lowest BCUT2D eigenvalue weighted by Gasteiger charge is -2.24. The Bertz CT molecular complexity index is 904. The highest BCUT2D eigenvalue weighted by Gasteiger charge is 2.33. The number of carbonyl (C=O) groups is 2. The molecule has 0 aliphatic carbocycles. The molecule has 1 aliphatic heterocycles. The van der Waals surface area contributed by atoms with Gasteiger partial charge in [0.05, 0.1) is 53.4 Å². The van der Waals surface area contributed by atoms with E-state index in [0.717, 1.165) is 21.7 Å². The number of aromatic nitrogens is 1. The summed E-state index contributed by atoms with van der Waals surface area (Å²) >= 11 is 1.59. The Morgan fingerprint density at radius 3 is 2.58 bits per heavy atom. The highest BCUT2D eigenvalue weighted by atomic mass is 32.1. The maximum atomic E-state index is 12.9. The first-order valence-electron chi connectivity index (χ1n) is 10.4. The largest absolute Gasteiger partial charge is 0.469 e. The average molecular weight is 446 g/mol. The average Bonchev–Trinajstić information content (AvgIpc) is 3.35. The molecule has 168 valence electrons. The number of methoxy groups -OCH3 is 1. The molecule has 1 aliphatic rings. The summed E-state index contributed by atoms with van der Waals surface area (Å²) in [5.41, 5.74) is 4.46. The van der Waals surface area contributed by atoms with Crippen LogP contribution in [-0.2, 0) is 19.1 Å². The normalized spacial score (nSPS) is 19.8. The Balaban J connectivity index is 1.70. The van der Waals surface area contributed by atoms with Crippen molar-refractivity contribution in [2.24, 2.45) is 0 Å². The van der Waals surface area contributed by atoms with Crippen molar-refractivity contribution in [3.63, 3.8) is 0 Å². The zero-order valence-corrected chi connectivity index (χ0v) is 19.5. The molecule has 31 heavy (non-hydrogen) atoms. The topological polar surface area (TPSA) is 89.5 Å². The van der Waals surface area contributed by atoms with Crippen molar-refractivity contribution in [2.45, 2.75) is 64.3 Å². The van der Waals surface area contributed by atoms with Crippen LogP contribution in [0.4, 0.5) is 0 Å². The Morgan fingerprint density at radius 2 is 2.00 bits per heavy atom. The van der Waals surface area contributed by atoms with Crippen molar-refractivity contribution in [3.8, 4) is 10.4 Å². The van der Waals surface area contributed by atoms with Crippen LogP contribution in [0.5, 0.6) is 0 Å². The van der Waals surface area contributed by atoms with Gasteiger partial charge in [-0.2, -0.15) is 0 Å². The molecule has 0 radical (unpaired) electrons. The summed E-state index contributed by atoms with van der Waals surface area (Å²) in [5.74, 6) is -0.516. The quantitative estimate of drug-likeness (QED) is 0.635. The molecule has 1 aromatic heterocycles. The third-order valence-corrected chi connectivity index (χ3v) is 6.14. The fourth-order valence-corrected chi connectivity index (χ4v) is 4.52. The van der Waals surface area contributed by atoms with Gasteiger partial charge in [0.1, 0.15) is 0 Å². The summed E-state index contributed by atoms with van der Waals surface area (Å²) in [6.45, 7) is 8.61. The number of carbonyl (C=O) groups excluding carboxylic acids is 2. The van der Waals surface area contributed by atoms with Crippen LogP contribution >= 0.6 is 11.3 Å². The first kappa shape index (κ1) is 23.4. The minimum Gasteiger partial charge on any atom is -0.469 e. The third-order valence-electron chi connectivity index (χ3n) is 5.16. The first-order valence-corrected chi connectivity index (χ1v) is 11.3. The van der Waals surface area contributed by atoms with Crippen molar-refractivity contribution in [1.82, 2.24) is 15.6 Å². The van der Waals surface area contributed by atoms with Gasteiger partial charge in [-0.05, 0) is 45.2 Å². The van der Waals surface area contributed by atoms with Gasteiger partial charge in [0.15, 0.2) is 0 Å². The summed E-state index contributed by atoms with van der Waals surface area (Å²) in [7, 11) is 1.35. The highest BCUT2D eigenvalue weighted by molar-refractivity contribution is 7.13. The van der Waals surface area contributed by atoms with Gasteiger partial charge in [-0.3, -0.25) is 9.59 Å². The fourth-order valence-electron chi connectivity index (χ4n) is 3.71. The van der Waals surface area contributed by atoms with Crippen LogP contribution < -0.4 is 10.6 Å². The fraction of sp³-hybridized carbons (Fsp3) is 0.522. The maximum absolute atomic E-state index is 12.9. The van der Waals surface area contributed by atoms with Crippen molar-refractivity contribution in [3.05, 3.63) is 41.0 Å². The number of esters is 1. The predicted octanol–water partition coefficient (Wildman–Crippen LogP) is 3.38. The van der Waals surface area contributed by atoms with Crippen molar-refractivity contribution in [2.75, 3.05) is 13.7 Å². The van der Waals surface area contributed by atoms with E-state index in [0.29, 0.717) is 13.0 Å². The summed E-state index contributed by atoms with van der Waals surface area (Å²) in [5, 5.41) is 6.25. The minimum absolute atomic E-state index is 0.0169. The number of aryl methyl sites for hydroxylation is 1. The van der Waals surface area contributed by atoms with E-state index >= 15 is 0 Å². The van der Waals surface area contributed by atoms with E-state index in [1.807, 2.05) is 57.5 Å². The number of thiazole rings is 1. The third kappa shape index (κ3) is 6.35. The molecule has 1 amide bonds. The molecule has 0 unspecified atom stereocenters. The van der Waals surface area contributed by atoms with Gasteiger partial charge in [-0.25, -0.2) is 4.98 Å². The SMILES string of the molecule is COC(=O)C[C@H](NC(=O)[C@@H]1C[C@H](OC(C)(C)C)CN1)c1ccc(-c2scnc2C)cc1. The molecule has 1 fully saturated rings. The van der Waals surface area contributed by atoms with Gasteiger partial charge >= 0.3 is 5.97 Å². The zero-order valence-electron chi connectivity index (χ0n) is 18.7. The number of amides is 1. The Labute approximate surface area is 187 Å². The summed E-state index contributed by atoms with van der Waals surface area (Å²) in [4.78, 5) is 30.3. The number of hydrogen-bond donors (Lipinski definition) is 2. The lowest BCUT2D eigenvalue weighted by molar-refractivity contribution is -0.141. The lowest BCUT2D eigenvalue weighted by Crippen LogP contribution is -2.42. The molecule has 3 rings (SSSR count). The molecular formula is C23H31N3O4S. The molecule has 2 aromatic rings. The molecule has 3 atom stereocenters. The molecule has 1 saturated heterocycles. The molecule has 2 heterocycles. The molecule has 1 aromatic carbocycles. The predicted molar refractivity (Wildman–Crippen MR) is 121 cm³/mol. The Kier molecular flexibility index (Phi) is 7.46. The van der Waals surface area contributed by atoms with Crippen LogP contribution in [0.15, 0.2) is 29.8 Å². The van der Waals surface area contributed by atoms with E-state index in [-0.39, 0.29) is 36.0 Å². The van der Waals surface area contributed by atoms with Crippen molar-refractivity contribution < 1.29 is 19.1 Å². The van der Waals surface area contributed by atoms with E-state index in [2.05, 4.69) is 15.6 Å². The van der Waals surface area contributed by atoms with Gasteiger partial charge in [0.25, 0.3) is 0 Å². The second-order valence-electron chi connectivity index (χ2n) is 8.78. The Hall–Kier alpha value is -2.29. The molecule has 8 heteroatoms. The van der Waals surface area contributed by atoms with E-state index in [1.165, 1.54) is 7.11 Å². The maximum Gasteiger partial charge on any atom is 0.307 e. The van der Waals surface area contributed by atoms with Gasteiger partial charge in [-0.15, -0.1) is 11.3 Å². The van der Waals surface area contributed by atoms with E-state index < -0.39 is 6.04 Å². The molecule has 0 saturated carbocycles. The van der Waals surface area contributed by atoms with Crippen molar-refractivity contribution in [1.29, 1.82) is 0 Å². The molecule has 0 spiro atoms. The number of nitrogens with one attached hydrogen (secondary N) is 2. The van der Waals surface area contributed by atoms with E-state index in [9.17, 15) is 9.59 Å². The van der Waals surface area contributed by atoms with Crippen LogP contribution in [0.1, 0.15) is 50.9 Å². The van der Waals surface area contributed by atoms with Crippen LogP contribution in [-0.4, -0.2) is 48.3 Å². The zero-order chi connectivity index (χ0) is 22.6. The minimum atomic E-state index is -0.471. The van der Waals surface area contributed by atoms with Gasteiger partial charge < -0.3 is 20.1 Å². The van der Waals surface area contributed by atoms with Gasteiger partial charge in [0, 0.05) is 6.54 Å². The van der Waals surface area contributed by atoms with Crippen LogP contribution in [0, 0.1) is 6.92 Å². The number of nitrogens with zero attached hydrogens (tertiary/aromatic N) is 1. The lowest BCUT2D eigenvalue weighted by atomic mass is 10.0. The Morgan fingerprint density at radius 1 is 1.29 bits per heavy atom. The number of ether oxygens (including phenoxy) is 2.